The van der Waals surface area contributed by atoms with Gasteiger partial charge < -0.3 is 5.11 Å². The van der Waals surface area contributed by atoms with Crippen LogP contribution in [0.25, 0.3) is 0 Å². The average Bonchev–Trinajstić information content (AvgIpc) is 2.41. The van der Waals surface area contributed by atoms with E-state index in [1.807, 2.05) is 0 Å². The van der Waals surface area contributed by atoms with Gasteiger partial charge in [-0.15, -0.1) is 0 Å². The van der Waals surface area contributed by atoms with Crippen molar-refractivity contribution in [2.45, 2.75) is 11.5 Å². The highest BCUT2D eigenvalue weighted by Crippen LogP contribution is 2.30. The minimum atomic E-state index is -3.86. The zero-order valence-corrected chi connectivity index (χ0v) is 15.0. The fraction of sp³-hybridized carbons (Fsp3) is 0.0769. The topological polar surface area (TPSA) is 66.4 Å². The van der Waals surface area contributed by atoms with Crippen molar-refractivity contribution in [3.05, 3.63) is 55.6 Å². The Morgan fingerprint density at radius 1 is 1.10 bits per heavy atom. The van der Waals surface area contributed by atoms with Crippen molar-refractivity contribution in [1.29, 1.82) is 0 Å². The number of benzene rings is 2. The lowest BCUT2D eigenvalue weighted by Crippen LogP contribution is -2.14. The molecule has 0 bridgehead atoms. The second-order valence-electron chi connectivity index (χ2n) is 4.14. The van der Waals surface area contributed by atoms with Crippen LogP contribution in [-0.2, 0) is 16.6 Å². The monoisotopic (exact) mass is 457 g/mol. The van der Waals surface area contributed by atoms with E-state index in [0.717, 1.165) is 3.57 Å². The van der Waals surface area contributed by atoms with Crippen LogP contribution in [0.2, 0.25) is 10.0 Å². The van der Waals surface area contributed by atoms with Crippen LogP contribution in [0.1, 0.15) is 5.56 Å². The van der Waals surface area contributed by atoms with Gasteiger partial charge in [-0.2, -0.15) is 0 Å². The molecule has 0 unspecified atom stereocenters. The molecule has 0 aliphatic heterocycles. The average molecular weight is 458 g/mol. The smallest absolute Gasteiger partial charge is 0.263 e. The normalized spacial score (nSPS) is 11.4. The minimum absolute atomic E-state index is 0.00443. The molecule has 21 heavy (non-hydrogen) atoms. The number of hydrogen-bond acceptors (Lipinski definition) is 3. The van der Waals surface area contributed by atoms with E-state index in [9.17, 15) is 13.5 Å². The number of sulfonamides is 1. The molecule has 0 saturated heterocycles. The van der Waals surface area contributed by atoms with Crippen molar-refractivity contribution in [2.75, 3.05) is 4.72 Å². The molecular weight excluding hydrogens is 448 g/mol. The van der Waals surface area contributed by atoms with Crippen LogP contribution in [0.15, 0.2) is 41.3 Å². The minimum Gasteiger partial charge on any atom is -0.392 e. The standard InChI is InChI=1S/C13H10Cl2INO3S/c14-11-6-12(15)13(5-8(11)7-18)21(19,20)17-10-3-1-9(16)2-4-10/h1-6,17-18H,7H2. The van der Waals surface area contributed by atoms with E-state index < -0.39 is 10.0 Å². The quantitative estimate of drug-likeness (QED) is 0.684. The molecule has 0 aromatic heterocycles. The van der Waals surface area contributed by atoms with Gasteiger partial charge in [0.05, 0.1) is 11.6 Å². The van der Waals surface area contributed by atoms with E-state index in [0.29, 0.717) is 11.3 Å². The number of rotatable bonds is 4. The van der Waals surface area contributed by atoms with Crippen LogP contribution in [-0.4, -0.2) is 13.5 Å². The summed E-state index contributed by atoms with van der Waals surface area (Å²) in [7, 11) is -3.86. The molecule has 0 atom stereocenters. The molecule has 0 amide bonds. The summed E-state index contributed by atoms with van der Waals surface area (Å²) >= 11 is 13.9. The number of nitrogens with one attached hydrogen (secondary N) is 1. The summed E-state index contributed by atoms with van der Waals surface area (Å²) in [5, 5.41) is 9.39. The lowest BCUT2D eigenvalue weighted by molar-refractivity contribution is 0.281. The van der Waals surface area contributed by atoms with E-state index >= 15 is 0 Å². The molecule has 0 heterocycles. The van der Waals surface area contributed by atoms with Gasteiger partial charge in [0.15, 0.2) is 0 Å². The Balaban J connectivity index is 2.42. The van der Waals surface area contributed by atoms with Gasteiger partial charge in [-0.05, 0) is 64.6 Å². The molecule has 0 aliphatic rings. The zero-order chi connectivity index (χ0) is 15.6. The largest absolute Gasteiger partial charge is 0.392 e. The van der Waals surface area contributed by atoms with Crippen LogP contribution in [0.4, 0.5) is 5.69 Å². The molecule has 0 saturated carbocycles. The highest BCUT2D eigenvalue weighted by molar-refractivity contribution is 14.1. The second kappa shape index (κ2) is 6.70. The van der Waals surface area contributed by atoms with E-state index in [-0.39, 0.29) is 21.5 Å². The lowest BCUT2D eigenvalue weighted by atomic mass is 10.2. The molecule has 112 valence electrons. The first-order valence-electron chi connectivity index (χ1n) is 5.70. The summed E-state index contributed by atoms with van der Waals surface area (Å²) < 4.78 is 28.2. The molecule has 0 radical (unpaired) electrons. The molecule has 2 aromatic carbocycles. The molecule has 0 aliphatic carbocycles. The maximum atomic E-state index is 12.4. The maximum absolute atomic E-state index is 12.4. The van der Waals surface area contributed by atoms with Crippen LogP contribution < -0.4 is 4.72 Å². The number of aliphatic hydroxyl groups excluding tert-OH is 1. The van der Waals surface area contributed by atoms with Crippen molar-refractivity contribution in [3.63, 3.8) is 0 Å². The summed E-state index contributed by atoms with van der Waals surface area (Å²) in [6.07, 6.45) is 0. The van der Waals surface area contributed by atoms with Crippen LogP contribution in [0.5, 0.6) is 0 Å². The Labute approximate surface area is 146 Å². The lowest BCUT2D eigenvalue weighted by Gasteiger charge is -2.11. The molecule has 2 N–H and O–H groups in total. The van der Waals surface area contributed by atoms with Gasteiger partial charge in [-0.1, -0.05) is 23.2 Å². The van der Waals surface area contributed by atoms with Gasteiger partial charge in [0.2, 0.25) is 0 Å². The Kier molecular flexibility index (Phi) is 5.37. The first-order valence-corrected chi connectivity index (χ1v) is 9.02. The van der Waals surface area contributed by atoms with Gasteiger partial charge in [0.25, 0.3) is 10.0 Å². The third-order valence-corrected chi connectivity index (χ3v) is 5.57. The predicted molar refractivity (Wildman–Crippen MR) is 92.4 cm³/mol. The molecular formula is C13H10Cl2INO3S. The van der Waals surface area contributed by atoms with Crippen LogP contribution >= 0.6 is 45.8 Å². The van der Waals surface area contributed by atoms with Crippen molar-refractivity contribution >= 4 is 61.5 Å². The van der Waals surface area contributed by atoms with Gasteiger partial charge in [0.1, 0.15) is 4.90 Å². The van der Waals surface area contributed by atoms with Crippen molar-refractivity contribution in [3.8, 4) is 0 Å². The Hall–Kier alpha value is -0.540. The van der Waals surface area contributed by atoms with E-state index in [1.54, 1.807) is 24.3 Å². The zero-order valence-electron chi connectivity index (χ0n) is 10.5. The highest BCUT2D eigenvalue weighted by atomic mass is 127. The molecule has 0 fully saturated rings. The number of hydrogen-bond donors (Lipinski definition) is 2. The van der Waals surface area contributed by atoms with Gasteiger partial charge >= 0.3 is 0 Å². The molecule has 2 rings (SSSR count). The van der Waals surface area contributed by atoms with Crippen LogP contribution in [0.3, 0.4) is 0 Å². The summed E-state index contributed by atoms with van der Waals surface area (Å²) in [5.41, 5.74) is 0.719. The molecule has 4 nitrogen and oxygen atoms in total. The molecule has 2 aromatic rings. The fourth-order valence-corrected chi connectivity index (χ4v) is 3.90. The molecule has 0 spiro atoms. The van der Waals surface area contributed by atoms with E-state index in [4.69, 9.17) is 23.2 Å². The molecule has 8 heteroatoms. The van der Waals surface area contributed by atoms with Gasteiger partial charge in [-0.25, -0.2) is 8.42 Å². The first kappa shape index (κ1) is 16.8. The van der Waals surface area contributed by atoms with Crippen molar-refractivity contribution < 1.29 is 13.5 Å². The highest BCUT2D eigenvalue weighted by Gasteiger charge is 2.20. The van der Waals surface area contributed by atoms with E-state index in [1.165, 1.54) is 12.1 Å². The number of halogens is 3. The Bertz CT molecular complexity index is 764. The third-order valence-electron chi connectivity index (χ3n) is 2.66. The predicted octanol–water partition coefficient (Wildman–Crippen LogP) is 3.89. The number of anilines is 1. The summed E-state index contributed by atoms with van der Waals surface area (Å²) in [5.74, 6) is 0. The van der Waals surface area contributed by atoms with Gasteiger partial charge in [0, 0.05) is 14.3 Å². The first-order chi connectivity index (χ1) is 9.83. The summed E-state index contributed by atoms with van der Waals surface area (Å²) in [4.78, 5) is -0.129. The van der Waals surface area contributed by atoms with Crippen molar-refractivity contribution in [1.82, 2.24) is 0 Å². The van der Waals surface area contributed by atoms with Gasteiger partial charge in [-0.3, -0.25) is 4.72 Å². The summed E-state index contributed by atoms with van der Waals surface area (Å²) in [6, 6.07) is 9.42. The fourth-order valence-electron chi connectivity index (χ4n) is 1.63. The van der Waals surface area contributed by atoms with E-state index in [2.05, 4.69) is 27.3 Å². The Morgan fingerprint density at radius 2 is 1.71 bits per heavy atom. The Morgan fingerprint density at radius 3 is 2.29 bits per heavy atom. The van der Waals surface area contributed by atoms with Crippen molar-refractivity contribution in [2.24, 2.45) is 0 Å². The van der Waals surface area contributed by atoms with Crippen LogP contribution in [0, 0.1) is 3.57 Å². The third kappa shape index (κ3) is 4.01. The second-order valence-corrected chi connectivity index (χ2v) is 7.86. The summed E-state index contributed by atoms with van der Waals surface area (Å²) in [6.45, 7) is -0.373. The SMILES string of the molecule is O=S(=O)(Nc1ccc(I)cc1)c1cc(CO)c(Cl)cc1Cl. The number of aliphatic hydroxyl groups is 1. The maximum Gasteiger partial charge on any atom is 0.263 e.